The molecule has 0 fully saturated rings. The standard InChI is InChI=1S/C10H12S/c1-3-5-9-7-11-8-10(9)6-4-2/h3-4,7-8H,1-2,5-6H2. The van der Waals surface area contributed by atoms with Crippen LogP contribution >= 0.6 is 11.3 Å². The lowest BCUT2D eigenvalue weighted by Crippen LogP contribution is -1.84. The maximum atomic E-state index is 3.72. The maximum absolute atomic E-state index is 3.72. The third kappa shape index (κ3) is 2.05. The van der Waals surface area contributed by atoms with Gasteiger partial charge >= 0.3 is 0 Å². The molecule has 0 bridgehead atoms. The van der Waals surface area contributed by atoms with Crippen LogP contribution in [0.2, 0.25) is 0 Å². The Morgan fingerprint density at radius 3 is 1.91 bits per heavy atom. The Kier molecular flexibility index (Phi) is 3.12. The molecule has 0 N–H and O–H groups in total. The first kappa shape index (κ1) is 8.28. The van der Waals surface area contributed by atoms with E-state index in [0.717, 1.165) is 12.8 Å². The average Bonchev–Trinajstić information content (AvgIpc) is 2.39. The van der Waals surface area contributed by atoms with Crippen LogP contribution in [0.25, 0.3) is 0 Å². The molecule has 0 aliphatic heterocycles. The SMILES string of the molecule is C=CCc1cscc1CC=C. The van der Waals surface area contributed by atoms with Crippen molar-refractivity contribution in [1.29, 1.82) is 0 Å². The highest BCUT2D eigenvalue weighted by atomic mass is 32.1. The molecule has 58 valence electrons. The predicted molar refractivity (Wildman–Crippen MR) is 52.1 cm³/mol. The van der Waals surface area contributed by atoms with Crippen LogP contribution < -0.4 is 0 Å². The molecule has 0 aliphatic carbocycles. The summed E-state index contributed by atoms with van der Waals surface area (Å²) in [7, 11) is 0. The van der Waals surface area contributed by atoms with Gasteiger partial charge < -0.3 is 0 Å². The number of rotatable bonds is 4. The molecule has 0 unspecified atom stereocenters. The molecule has 1 aromatic heterocycles. The first-order valence-corrected chi connectivity index (χ1v) is 4.58. The van der Waals surface area contributed by atoms with Gasteiger partial charge in [0.15, 0.2) is 0 Å². The summed E-state index contributed by atoms with van der Waals surface area (Å²) in [6.45, 7) is 7.43. The summed E-state index contributed by atoms with van der Waals surface area (Å²) >= 11 is 1.75. The van der Waals surface area contributed by atoms with Crippen LogP contribution in [0.5, 0.6) is 0 Å². The minimum atomic E-state index is 0.979. The second-order valence-electron chi connectivity index (χ2n) is 2.41. The topological polar surface area (TPSA) is 0 Å². The molecule has 0 atom stereocenters. The van der Waals surface area contributed by atoms with Crippen LogP contribution in [-0.2, 0) is 12.8 Å². The van der Waals surface area contributed by atoms with Crippen molar-refractivity contribution in [2.24, 2.45) is 0 Å². The first-order chi connectivity index (χ1) is 5.38. The quantitative estimate of drug-likeness (QED) is 0.599. The third-order valence-corrected chi connectivity index (χ3v) is 2.40. The van der Waals surface area contributed by atoms with Crippen molar-refractivity contribution in [2.75, 3.05) is 0 Å². The molecule has 0 aromatic carbocycles. The number of thiophene rings is 1. The molecule has 1 heteroatoms. The number of hydrogen-bond acceptors (Lipinski definition) is 1. The van der Waals surface area contributed by atoms with E-state index >= 15 is 0 Å². The molecular weight excluding hydrogens is 152 g/mol. The number of allylic oxidation sites excluding steroid dienone is 2. The summed E-state index contributed by atoms with van der Waals surface area (Å²) in [5.41, 5.74) is 2.79. The fourth-order valence-corrected chi connectivity index (χ4v) is 1.91. The third-order valence-electron chi connectivity index (χ3n) is 1.56. The van der Waals surface area contributed by atoms with Gasteiger partial charge in [0.05, 0.1) is 0 Å². The van der Waals surface area contributed by atoms with Crippen molar-refractivity contribution < 1.29 is 0 Å². The fraction of sp³-hybridized carbons (Fsp3) is 0.200. The van der Waals surface area contributed by atoms with Gasteiger partial charge in [-0.3, -0.25) is 0 Å². The van der Waals surface area contributed by atoms with Gasteiger partial charge in [0, 0.05) is 0 Å². The Balaban J connectivity index is 2.76. The summed E-state index contributed by atoms with van der Waals surface area (Å²) in [6, 6.07) is 0. The van der Waals surface area contributed by atoms with E-state index in [1.165, 1.54) is 11.1 Å². The number of hydrogen-bond donors (Lipinski definition) is 0. The van der Waals surface area contributed by atoms with E-state index in [1.807, 2.05) is 12.2 Å². The second-order valence-corrected chi connectivity index (χ2v) is 3.15. The van der Waals surface area contributed by atoms with Gasteiger partial charge in [-0.25, -0.2) is 0 Å². The molecule has 1 rings (SSSR count). The lowest BCUT2D eigenvalue weighted by molar-refractivity contribution is 1.18. The van der Waals surface area contributed by atoms with Gasteiger partial charge in [0.2, 0.25) is 0 Å². The summed E-state index contributed by atoms with van der Waals surface area (Å²) < 4.78 is 0. The lowest BCUT2D eigenvalue weighted by atomic mass is 10.1. The molecule has 0 spiro atoms. The largest absolute Gasteiger partial charge is 0.152 e. The smallest absolute Gasteiger partial charge is 0.00551 e. The van der Waals surface area contributed by atoms with Crippen molar-refractivity contribution >= 4 is 11.3 Å². The van der Waals surface area contributed by atoms with Gasteiger partial charge in [-0.2, -0.15) is 11.3 Å². The van der Waals surface area contributed by atoms with Crippen molar-refractivity contribution in [3.8, 4) is 0 Å². The van der Waals surface area contributed by atoms with Gasteiger partial charge in [0.1, 0.15) is 0 Å². The second kappa shape index (κ2) is 4.14. The Bertz CT molecular complexity index is 221. The van der Waals surface area contributed by atoms with E-state index in [-0.39, 0.29) is 0 Å². The normalized spacial score (nSPS) is 9.45. The van der Waals surface area contributed by atoms with Crippen LogP contribution in [0.3, 0.4) is 0 Å². The van der Waals surface area contributed by atoms with E-state index in [2.05, 4.69) is 23.9 Å². The minimum Gasteiger partial charge on any atom is -0.152 e. The highest BCUT2D eigenvalue weighted by Crippen LogP contribution is 2.16. The van der Waals surface area contributed by atoms with Gasteiger partial charge in [-0.15, -0.1) is 13.2 Å². The zero-order valence-electron chi connectivity index (χ0n) is 6.55. The van der Waals surface area contributed by atoms with E-state index in [4.69, 9.17) is 0 Å². The summed E-state index contributed by atoms with van der Waals surface area (Å²) in [5, 5.41) is 4.36. The average molecular weight is 164 g/mol. The summed E-state index contributed by atoms with van der Waals surface area (Å²) in [5.74, 6) is 0. The fourth-order valence-electron chi connectivity index (χ4n) is 1.02. The molecule has 1 heterocycles. The van der Waals surface area contributed by atoms with Crippen LogP contribution in [0.15, 0.2) is 36.1 Å². The van der Waals surface area contributed by atoms with Crippen LogP contribution in [0, 0.1) is 0 Å². The zero-order chi connectivity index (χ0) is 8.10. The molecular formula is C10H12S. The molecule has 0 nitrogen and oxygen atoms in total. The van der Waals surface area contributed by atoms with E-state index < -0.39 is 0 Å². The van der Waals surface area contributed by atoms with E-state index in [0.29, 0.717) is 0 Å². The summed E-state index contributed by atoms with van der Waals surface area (Å²) in [4.78, 5) is 0. The predicted octanol–water partition coefficient (Wildman–Crippen LogP) is 3.21. The molecule has 0 amide bonds. The van der Waals surface area contributed by atoms with E-state index in [9.17, 15) is 0 Å². The van der Waals surface area contributed by atoms with Crippen molar-refractivity contribution in [3.63, 3.8) is 0 Å². The van der Waals surface area contributed by atoms with Crippen LogP contribution in [-0.4, -0.2) is 0 Å². The van der Waals surface area contributed by atoms with Gasteiger partial charge in [-0.05, 0) is 34.7 Å². The van der Waals surface area contributed by atoms with Crippen molar-refractivity contribution in [1.82, 2.24) is 0 Å². The first-order valence-electron chi connectivity index (χ1n) is 3.64. The van der Waals surface area contributed by atoms with Crippen LogP contribution in [0.1, 0.15) is 11.1 Å². The maximum Gasteiger partial charge on any atom is -0.00551 e. The highest BCUT2D eigenvalue weighted by Gasteiger charge is 1.98. The highest BCUT2D eigenvalue weighted by molar-refractivity contribution is 7.08. The Hall–Kier alpha value is -0.820. The molecule has 0 aliphatic rings. The lowest BCUT2D eigenvalue weighted by Gasteiger charge is -1.95. The van der Waals surface area contributed by atoms with Crippen LogP contribution in [0.4, 0.5) is 0 Å². The zero-order valence-corrected chi connectivity index (χ0v) is 7.36. The molecule has 0 saturated carbocycles. The molecule has 0 radical (unpaired) electrons. The Morgan fingerprint density at radius 1 is 1.09 bits per heavy atom. The Morgan fingerprint density at radius 2 is 1.55 bits per heavy atom. The van der Waals surface area contributed by atoms with Crippen molar-refractivity contribution in [2.45, 2.75) is 12.8 Å². The molecule has 1 aromatic rings. The van der Waals surface area contributed by atoms with E-state index in [1.54, 1.807) is 11.3 Å². The Labute approximate surface area is 71.9 Å². The molecule has 11 heavy (non-hydrogen) atoms. The van der Waals surface area contributed by atoms with Gasteiger partial charge in [-0.1, -0.05) is 12.2 Å². The van der Waals surface area contributed by atoms with Crippen molar-refractivity contribution in [3.05, 3.63) is 47.2 Å². The monoisotopic (exact) mass is 164 g/mol. The van der Waals surface area contributed by atoms with Gasteiger partial charge in [0.25, 0.3) is 0 Å². The minimum absolute atomic E-state index is 0.979. The molecule has 0 saturated heterocycles. The summed E-state index contributed by atoms with van der Waals surface area (Å²) in [6.07, 6.45) is 5.84.